The highest BCUT2D eigenvalue weighted by Gasteiger charge is 2.33. The van der Waals surface area contributed by atoms with Crippen LogP contribution in [0, 0.1) is 19.7 Å². The van der Waals surface area contributed by atoms with Crippen molar-refractivity contribution >= 4 is 17.7 Å². The third-order valence-electron chi connectivity index (χ3n) is 6.30. The van der Waals surface area contributed by atoms with Gasteiger partial charge in [0, 0.05) is 44.7 Å². The summed E-state index contributed by atoms with van der Waals surface area (Å²) in [6.07, 6.45) is 5.38. The monoisotopic (exact) mass is 490 g/mol. The van der Waals surface area contributed by atoms with E-state index in [9.17, 15) is 9.18 Å². The number of rotatable bonds is 7. The van der Waals surface area contributed by atoms with Crippen LogP contribution in [-0.4, -0.2) is 59.9 Å². The van der Waals surface area contributed by atoms with Crippen LogP contribution in [0.15, 0.2) is 42.9 Å². The van der Waals surface area contributed by atoms with Gasteiger partial charge >= 0.3 is 0 Å². The van der Waals surface area contributed by atoms with Crippen LogP contribution >= 0.6 is 0 Å². The molecule has 0 fully saturated rings. The molecule has 0 saturated heterocycles. The molecule has 1 atom stereocenters. The highest BCUT2D eigenvalue weighted by molar-refractivity contribution is 5.95. The van der Waals surface area contributed by atoms with E-state index in [1.165, 1.54) is 6.07 Å². The molecule has 1 aliphatic heterocycles. The molecule has 0 radical (unpaired) electrons. The zero-order valence-corrected chi connectivity index (χ0v) is 20.6. The molecule has 10 nitrogen and oxygen atoms in total. The van der Waals surface area contributed by atoms with E-state index >= 15 is 0 Å². The molecule has 186 valence electrons. The average Bonchev–Trinajstić information content (AvgIpc) is 3.46. The number of hydrogen-bond acceptors (Lipinski definition) is 7. The fourth-order valence-corrected chi connectivity index (χ4v) is 4.41. The van der Waals surface area contributed by atoms with Gasteiger partial charge in [0.25, 0.3) is 5.91 Å². The maximum absolute atomic E-state index is 13.7. The number of amides is 1. The van der Waals surface area contributed by atoms with Crippen LogP contribution in [0.4, 0.5) is 16.2 Å². The van der Waals surface area contributed by atoms with Crippen molar-refractivity contribution in [3.8, 4) is 11.3 Å². The predicted molar refractivity (Wildman–Crippen MR) is 131 cm³/mol. The average molecular weight is 491 g/mol. The van der Waals surface area contributed by atoms with Crippen molar-refractivity contribution in [2.24, 2.45) is 7.05 Å². The number of fused-ring (bicyclic) bond motifs is 1. The maximum atomic E-state index is 13.7. The van der Waals surface area contributed by atoms with Gasteiger partial charge in [0.05, 0.1) is 42.5 Å². The van der Waals surface area contributed by atoms with Crippen molar-refractivity contribution in [3.63, 3.8) is 0 Å². The van der Waals surface area contributed by atoms with Gasteiger partial charge in [-0.2, -0.15) is 5.10 Å². The zero-order chi connectivity index (χ0) is 25.4. The molecule has 0 saturated carbocycles. The van der Waals surface area contributed by atoms with Gasteiger partial charge in [-0.3, -0.25) is 14.5 Å². The van der Waals surface area contributed by atoms with Gasteiger partial charge in [-0.05, 0) is 37.6 Å². The number of nitrogens with zero attached hydrogens (tertiary/aromatic N) is 7. The third kappa shape index (κ3) is 4.44. The summed E-state index contributed by atoms with van der Waals surface area (Å²) in [7, 11) is 3.44. The maximum Gasteiger partial charge on any atom is 0.271 e. The number of anilines is 2. The smallest absolute Gasteiger partial charge is 0.271 e. The van der Waals surface area contributed by atoms with Crippen LogP contribution in [0.3, 0.4) is 0 Å². The van der Waals surface area contributed by atoms with Gasteiger partial charge in [-0.1, -0.05) is 0 Å². The number of ether oxygens (including phenoxy) is 1. The fourth-order valence-electron chi connectivity index (χ4n) is 4.41. The Morgan fingerprint density at radius 3 is 2.78 bits per heavy atom. The molecule has 4 aromatic heterocycles. The summed E-state index contributed by atoms with van der Waals surface area (Å²) in [4.78, 5) is 28.8. The molecular weight excluding hydrogens is 463 g/mol. The minimum absolute atomic E-state index is 0.140. The second kappa shape index (κ2) is 9.50. The lowest BCUT2D eigenvalue weighted by Gasteiger charge is -2.36. The number of pyridine rings is 1. The van der Waals surface area contributed by atoms with Crippen LogP contribution in [0.1, 0.15) is 27.4 Å². The minimum Gasteiger partial charge on any atom is -0.382 e. The number of aryl methyl sites for hydroxylation is 3. The van der Waals surface area contributed by atoms with E-state index in [2.05, 4.69) is 20.4 Å². The van der Waals surface area contributed by atoms with Crippen molar-refractivity contribution in [1.82, 2.24) is 34.2 Å². The van der Waals surface area contributed by atoms with Crippen LogP contribution in [-0.2, 0) is 24.9 Å². The second-order valence-electron chi connectivity index (χ2n) is 8.87. The molecule has 36 heavy (non-hydrogen) atoms. The molecule has 1 N–H and O–H groups in total. The minimum atomic E-state index is -0.367. The number of methoxy groups -OCH3 is 1. The van der Waals surface area contributed by atoms with E-state index in [0.717, 1.165) is 22.6 Å². The van der Waals surface area contributed by atoms with E-state index in [1.807, 2.05) is 36.9 Å². The molecule has 5 heterocycles. The van der Waals surface area contributed by atoms with Gasteiger partial charge in [-0.15, -0.1) is 0 Å². The lowest BCUT2D eigenvalue weighted by Crippen LogP contribution is -2.49. The van der Waals surface area contributed by atoms with Crippen molar-refractivity contribution in [2.75, 3.05) is 19.0 Å². The molecule has 1 aliphatic rings. The highest BCUT2D eigenvalue weighted by atomic mass is 19.1. The van der Waals surface area contributed by atoms with E-state index in [-0.39, 0.29) is 24.3 Å². The Labute approximate surface area is 207 Å². The lowest BCUT2D eigenvalue weighted by molar-refractivity contribution is 0.0384. The van der Waals surface area contributed by atoms with Crippen molar-refractivity contribution in [2.45, 2.75) is 33.0 Å². The Balaban J connectivity index is 1.46. The van der Waals surface area contributed by atoms with Crippen molar-refractivity contribution < 1.29 is 13.9 Å². The first-order valence-corrected chi connectivity index (χ1v) is 11.5. The summed E-state index contributed by atoms with van der Waals surface area (Å²) in [5.74, 6) is 0.691. The predicted octanol–water partition coefficient (Wildman–Crippen LogP) is 3.24. The van der Waals surface area contributed by atoms with Crippen molar-refractivity contribution in [3.05, 3.63) is 71.3 Å². The molecule has 1 unspecified atom stereocenters. The quantitative estimate of drug-likeness (QED) is 0.424. The number of hydrogen-bond donors (Lipinski definition) is 1. The van der Waals surface area contributed by atoms with Crippen LogP contribution in [0.2, 0.25) is 0 Å². The fraction of sp³-hybridized carbons (Fsp3) is 0.320. The standard InChI is InChI=1S/C25H27FN8O2/c1-15-10-27-25(30-22-7-8-28-32(22)3)31-23(15)17-9-21-24(35)34(19(14-36-4)13-33(21)11-17)12-18-5-6-20(26)16(2)29-18/h5-11,19H,12-14H2,1-4H3,(H,27,30,31). The Morgan fingerprint density at radius 1 is 1.22 bits per heavy atom. The summed E-state index contributed by atoms with van der Waals surface area (Å²) in [6, 6.07) is 6.48. The Bertz CT molecular complexity index is 1430. The Hall–Kier alpha value is -4.12. The summed E-state index contributed by atoms with van der Waals surface area (Å²) in [5.41, 5.74) is 3.92. The van der Waals surface area contributed by atoms with Crippen LogP contribution < -0.4 is 5.32 Å². The van der Waals surface area contributed by atoms with E-state index in [0.29, 0.717) is 36.2 Å². The van der Waals surface area contributed by atoms with Crippen LogP contribution in [0.5, 0.6) is 0 Å². The normalized spacial score (nSPS) is 15.3. The number of nitrogens with one attached hydrogen (secondary N) is 1. The van der Waals surface area contributed by atoms with Gasteiger partial charge in [-0.25, -0.2) is 14.4 Å². The first kappa shape index (κ1) is 23.6. The Morgan fingerprint density at radius 2 is 2.06 bits per heavy atom. The van der Waals surface area contributed by atoms with Gasteiger partial charge in [0.2, 0.25) is 5.95 Å². The molecule has 0 aromatic carbocycles. The summed E-state index contributed by atoms with van der Waals surface area (Å²) >= 11 is 0. The van der Waals surface area contributed by atoms with Gasteiger partial charge in [0.15, 0.2) is 0 Å². The highest BCUT2D eigenvalue weighted by Crippen LogP contribution is 2.29. The molecule has 0 spiro atoms. The number of carbonyl (C=O) groups excluding carboxylic acids is 1. The second-order valence-corrected chi connectivity index (χ2v) is 8.87. The summed E-state index contributed by atoms with van der Waals surface area (Å²) < 4.78 is 22.8. The number of halogens is 1. The molecule has 0 bridgehead atoms. The Kier molecular flexibility index (Phi) is 6.23. The lowest BCUT2D eigenvalue weighted by atomic mass is 10.1. The number of aromatic nitrogens is 6. The molecule has 11 heteroatoms. The van der Waals surface area contributed by atoms with E-state index in [1.54, 1.807) is 42.1 Å². The molecule has 0 aliphatic carbocycles. The topological polar surface area (TPSA) is 103 Å². The summed E-state index contributed by atoms with van der Waals surface area (Å²) in [5, 5.41) is 7.32. The SMILES string of the molecule is COCC1Cn2cc(-c3nc(Nc4ccnn4C)ncc3C)cc2C(=O)N1Cc1ccc(F)c(C)n1. The van der Waals surface area contributed by atoms with Gasteiger partial charge in [0.1, 0.15) is 17.3 Å². The van der Waals surface area contributed by atoms with Crippen molar-refractivity contribution in [1.29, 1.82) is 0 Å². The molecule has 1 amide bonds. The first-order valence-electron chi connectivity index (χ1n) is 11.5. The third-order valence-corrected chi connectivity index (χ3v) is 6.30. The van der Waals surface area contributed by atoms with Crippen LogP contribution in [0.25, 0.3) is 11.3 Å². The first-order chi connectivity index (χ1) is 17.3. The molecular formula is C25H27FN8O2. The summed E-state index contributed by atoms with van der Waals surface area (Å²) in [6.45, 7) is 4.73. The molecule has 4 aromatic rings. The molecule has 5 rings (SSSR count). The van der Waals surface area contributed by atoms with E-state index < -0.39 is 0 Å². The van der Waals surface area contributed by atoms with Gasteiger partial charge < -0.3 is 19.5 Å². The van der Waals surface area contributed by atoms with E-state index in [4.69, 9.17) is 9.72 Å². The number of carbonyl (C=O) groups is 1. The zero-order valence-electron chi connectivity index (χ0n) is 20.6. The largest absolute Gasteiger partial charge is 0.382 e.